The van der Waals surface area contributed by atoms with Gasteiger partial charge in [0.25, 0.3) is 0 Å². The van der Waals surface area contributed by atoms with Gasteiger partial charge < -0.3 is 15.1 Å². The molecule has 0 radical (unpaired) electrons. The molecule has 0 saturated carbocycles. The molecule has 0 aliphatic carbocycles. The molecule has 1 aliphatic rings. The highest BCUT2D eigenvalue weighted by Gasteiger charge is 2.38. The Labute approximate surface area is 235 Å². The number of hydrogen-bond donors (Lipinski definition) is 2. The van der Waals surface area contributed by atoms with Crippen LogP contribution in [0.5, 0.6) is 0 Å². The quantitative estimate of drug-likeness (QED) is 0.333. The molecule has 3 aromatic carbocycles. The Morgan fingerprint density at radius 1 is 1.07 bits per heavy atom. The van der Waals surface area contributed by atoms with E-state index >= 15 is 4.39 Å². The third-order valence-corrected chi connectivity index (χ3v) is 9.51. The van der Waals surface area contributed by atoms with Crippen LogP contribution >= 0.6 is 0 Å². The number of para-hydroxylation sites is 1. The fourth-order valence-corrected chi connectivity index (χ4v) is 6.71. The summed E-state index contributed by atoms with van der Waals surface area (Å²) in [6.45, 7) is 7.83. The van der Waals surface area contributed by atoms with Gasteiger partial charge in [0.2, 0.25) is 10.0 Å². The van der Waals surface area contributed by atoms with E-state index in [0.29, 0.717) is 18.5 Å². The minimum atomic E-state index is -4.07. The number of carboxylic acids is 1. The molecule has 0 amide bonds. The van der Waals surface area contributed by atoms with E-state index in [9.17, 15) is 23.4 Å². The van der Waals surface area contributed by atoms with Gasteiger partial charge in [0, 0.05) is 30.9 Å². The van der Waals surface area contributed by atoms with Gasteiger partial charge in [0.05, 0.1) is 17.4 Å². The number of likely N-dealkylation sites (N-methyl/N-ethyl adjacent to an activating group) is 1. The van der Waals surface area contributed by atoms with Crippen molar-refractivity contribution in [2.75, 3.05) is 18.5 Å². The second-order valence-corrected chi connectivity index (χ2v) is 13.4. The summed E-state index contributed by atoms with van der Waals surface area (Å²) in [6.07, 6.45) is 1.31. The zero-order valence-corrected chi connectivity index (χ0v) is 24.4. The number of anilines is 2. The van der Waals surface area contributed by atoms with Crippen molar-refractivity contribution in [2.24, 2.45) is 5.41 Å². The average molecular weight is 569 g/mol. The maximum Gasteiger partial charge on any atom is 0.335 e. The summed E-state index contributed by atoms with van der Waals surface area (Å²) >= 11 is 0. The topological polar surface area (TPSA) is 98.1 Å². The van der Waals surface area contributed by atoms with Crippen molar-refractivity contribution in [2.45, 2.75) is 64.0 Å². The molecule has 0 spiro atoms. The van der Waals surface area contributed by atoms with Gasteiger partial charge in [-0.15, -0.1) is 0 Å². The summed E-state index contributed by atoms with van der Waals surface area (Å²) in [5, 5.41) is 20.8. The standard InChI is InChI=1S/C31H37FN2O5S/c1-6-7-11-22-19-34(21-12-9-8-10-13-21)27-18-26(32)25(17-28(27)40(38,39)33(22)5)24-16-20(30(36)37)14-15-23(24)29(35)31(2,3)4/h8-10,12-18,22,29,35H,6-7,11,19H2,1-5H3,(H,36,37)/t22-,29?/m1/s1. The van der Waals surface area contributed by atoms with Gasteiger partial charge in [0.1, 0.15) is 10.7 Å². The first-order chi connectivity index (χ1) is 18.8. The fourth-order valence-electron chi connectivity index (χ4n) is 5.14. The van der Waals surface area contributed by atoms with Crippen molar-refractivity contribution in [3.63, 3.8) is 0 Å². The largest absolute Gasteiger partial charge is 0.478 e. The lowest BCUT2D eigenvalue weighted by Gasteiger charge is -2.30. The van der Waals surface area contributed by atoms with Crippen LogP contribution in [-0.4, -0.2) is 48.5 Å². The summed E-state index contributed by atoms with van der Waals surface area (Å²) in [7, 11) is -2.51. The number of sulfonamides is 1. The van der Waals surface area contributed by atoms with E-state index in [1.54, 1.807) is 7.05 Å². The Hall–Kier alpha value is -3.27. The number of aliphatic hydroxyl groups excluding tert-OH is 1. The van der Waals surface area contributed by atoms with E-state index in [-0.39, 0.29) is 33.3 Å². The molecule has 1 aliphatic heterocycles. The zero-order chi connectivity index (χ0) is 29.4. The van der Waals surface area contributed by atoms with Crippen LogP contribution in [0.1, 0.15) is 69.0 Å². The minimum Gasteiger partial charge on any atom is -0.478 e. The van der Waals surface area contributed by atoms with Crippen molar-refractivity contribution in [3.8, 4) is 11.1 Å². The molecule has 9 heteroatoms. The Kier molecular flexibility index (Phi) is 8.40. The highest BCUT2D eigenvalue weighted by molar-refractivity contribution is 7.89. The van der Waals surface area contributed by atoms with Crippen LogP contribution in [0.15, 0.2) is 65.6 Å². The van der Waals surface area contributed by atoms with Crippen molar-refractivity contribution in [1.82, 2.24) is 4.31 Å². The molecular weight excluding hydrogens is 531 g/mol. The third kappa shape index (κ3) is 5.64. The van der Waals surface area contributed by atoms with E-state index in [0.717, 1.165) is 18.5 Å². The molecule has 0 aromatic heterocycles. The number of unbranched alkanes of at least 4 members (excludes halogenated alkanes) is 1. The minimum absolute atomic E-state index is 0.0776. The maximum atomic E-state index is 16.1. The first kappa shape index (κ1) is 29.7. The van der Waals surface area contributed by atoms with Gasteiger partial charge in [0.15, 0.2) is 0 Å². The van der Waals surface area contributed by atoms with Gasteiger partial charge in [-0.05, 0) is 59.4 Å². The smallest absolute Gasteiger partial charge is 0.335 e. The lowest BCUT2D eigenvalue weighted by molar-refractivity contribution is 0.0629. The number of carbonyl (C=O) groups is 1. The van der Waals surface area contributed by atoms with Crippen molar-refractivity contribution < 1.29 is 27.8 Å². The molecule has 7 nitrogen and oxygen atoms in total. The summed E-state index contributed by atoms with van der Waals surface area (Å²) < 4.78 is 45.6. The molecule has 2 atom stereocenters. The monoisotopic (exact) mass is 568 g/mol. The van der Waals surface area contributed by atoms with Crippen molar-refractivity contribution in [1.29, 1.82) is 0 Å². The molecule has 214 valence electrons. The predicted octanol–water partition coefficient (Wildman–Crippen LogP) is 6.60. The van der Waals surface area contributed by atoms with Crippen molar-refractivity contribution in [3.05, 3.63) is 77.6 Å². The molecule has 0 fully saturated rings. The maximum absolute atomic E-state index is 16.1. The van der Waals surface area contributed by atoms with Gasteiger partial charge in [-0.25, -0.2) is 17.6 Å². The molecule has 1 heterocycles. The second-order valence-electron chi connectivity index (χ2n) is 11.4. The summed E-state index contributed by atoms with van der Waals surface area (Å²) in [6, 6.07) is 15.6. The van der Waals surface area contributed by atoms with E-state index < -0.39 is 33.3 Å². The SMILES string of the molecule is CCCC[C@@H]1CN(c2ccccc2)c2cc(F)c(-c3cc(C(=O)O)ccc3C(O)C(C)(C)C)cc2S(=O)(=O)N1C. The van der Waals surface area contributed by atoms with Gasteiger partial charge >= 0.3 is 5.97 Å². The summed E-state index contributed by atoms with van der Waals surface area (Å²) in [5.41, 5.74) is 0.571. The van der Waals surface area contributed by atoms with E-state index in [4.69, 9.17) is 0 Å². The molecule has 0 bridgehead atoms. The van der Waals surface area contributed by atoms with E-state index in [1.807, 2.05) is 62.9 Å². The Bertz CT molecular complexity index is 1500. The average Bonchev–Trinajstić information content (AvgIpc) is 2.98. The van der Waals surface area contributed by atoms with Crippen LogP contribution in [-0.2, 0) is 10.0 Å². The number of rotatable bonds is 7. The predicted molar refractivity (Wildman–Crippen MR) is 155 cm³/mol. The number of carboxylic acid groups (broad SMARTS) is 1. The number of halogens is 1. The van der Waals surface area contributed by atoms with Crippen LogP contribution in [0.25, 0.3) is 11.1 Å². The Morgan fingerprint density at radius 3 is 2.35 bits per heavy atom. The lowest BCUT2D eigenvalue weighted by Crippen LogP contribution is -2.40. The fraction of sp³-hybridized carbons (Fsp3) is 0.387. The number of aliphatic hydroxyl groups is 1. The molecule has 2 N–H and O–H groups in total. The number of fused-ring (bicyclic) bond motifs is 1. The van der Waals surface area contributed by atoms with Crippen molar-refractivity contribution >= 4 is 27.4 Å². The molecule has 3 aromatic rings. The van der Waals surface area contributed by atoms with Crippen LogP contribution in [0, 0.1) is 11.2 Å². The van der Waals surface area contributed by atoms with Crippen LogP contribution < -0.4 is 4.90 Å². The third-order valence-electron chi connectivity index (χ3n) is 7.57. The van der Waals surface area contributed by atoms with E-state index in [1.165, 1.54) is 34.6 Å². The first-order valence-electron chi connectivity index (χ1n) is 13.5. The van der Waals surface area contributed by atoms with E-state index in [2.05, 4.69) is 0 Å². The Balaban J connectivity index is 2.01. The molecule has 1 unspecified atom stereocenters. The van der Waals surface area contributed by atoms with Gasteiger partial charge in [-0.2, -0.15) is 4.31 Å². The van der Waals surface area contributed by atoms with Crippen LogP contribution in [0.2, 0.25) is 0 Å². The zero-order valence-electron chi connectivity index (χ0n) is 23.6. The summed E-state index contributed by atoms with van der Waals surface area (Å²) in [5.74, 6) is -1.93. The highest BCUT2D eigenvalue weighted by atomic mass is 32.2. The first-order valence-corrected chi connectivity index (χ1v) is 14.9. The second kappa shape index (κ2) is 11.3. The summed E-state index contributed by atoms with van der Waals surface area (Å²) in [4.78, 5) is 13.6. The Morgan fingerprint density at radius 2 is 1.75 bits per heavy atom. The lowest BCUT2D eigenvalue weighted by atomic mass is 9.81. The van der Waals surface area contributed by atoms with Gasteiger partial charge in [-0.1, -0.05) is 64.8 Å². The number of benzene rings is 3. The highest BCUT2D eigenvalue weighted by Crippen LogP contribution is 2.44. The number of hydrogen-bond acceptors (Lipinski definition) is 5. The van der Waals surface area contributed by atoms with Crippen LogP contribution in [0.4, 0.5) is 15.8 Å². The normalized spacial score (nSPS) is 18.2. The molecular formula is C31H37FN2O5S. The number of aromatic carboxylic acids is 1. The number of nitrogens with zero attached hydrogens (tertiary/aromatic N) is 2. The van der Waals surface area contributed by atoms with Gasteiger partial charge in [-0.3, -0.25) is 0 Å². The molecule has 4 rings (SSSR count). The molecule has 40 heavy (non-hydrogen) atoms. The van der Waals surface area contributed by atoms with Crippen LogP contribution in [0.3, 0.4) is 0 Å². The molecule has 0 saturated heterocycles.